The summed E-state index contributed by atoms with van der Waals surface area (Å²) in [6.45, 7) is 5.27. The normalized spacial score (nSPS) is 11.0. The van der Waals surface area contributed by atoms with Gasteiger partial charge in [0.1, 0.15) is 0 Å². The van der Waals surface area contributed by atoms with E-state index in [1.54, 1.807) is 20.8 Å². The summed E-state index contributed by atoms with van der Waals surface area (Å²) in [4.78, 5) is 22.3. The molecular weight excluding hydrogens is 316 g/mol. The Morgan fingerprint density at radius 1 is 1.42 bits per heavy atom. The van der Waals surface area contributed by atoms with Gasteiger partial charge < -0.3 is 10.1 Å². The van der Waals surface area contributed by atoms with Crippen LogP contribution in [0.5, 0.6) is 5.75 Å². The molecule has 0 aliphatic carbocycles. The number of nitrogens with one attached hydrogen (secondary N) is 1. The first kappa shape index (κ1) is 15.4. The Morgan fingerprint density at radius 3 is 2.42 bits per heavy atom. The van der Waals surface area contributed by atoms with Crippen molar-refractivity contribution in [3.8, 4) is 5.75 Å². The zero-order chi connectivity index (χ0) is 14.8. The summed E-state index contributed by atoms with van der Waals surface area (Å²) in [5.41, 5.74) is -0.448. The van der Waals surface area contributed by atoms with Gasteiger partial charge in [-0.25, -0.2) is 0 Å². The summed E-state index contributed by atoms with van der Waals surface area (Å²) >= 11 is 3.25. The monoisotopic (exact) mass is 330 g/mol. The Hall–Kier alpha value is -1.63. The first-order chi connectivity index (χ1) is 8.66. The number of hydrogen-bond donors (Lipinski definition) is 1. The number of nitro benzene ring substituents is 1. The molecule has 0 aliphatic rings. The van der Waals surface area contributed by atoms with Crippen LogP contribution < -0.4 is 10.1 Å². The lowest BCUT2D eigenvalue weighted by atomic mass is 9.95. The van der Waals surface area contributed by atoms with Crippen LogP contribution in [0, 0.1) is 15.5 Å². The van der Waals surface area contributed by atoms with Crippen molar-refractivity contribution >= 4 is 33.2 Å². The second-order valence-electron chi connectivity index (χ2n) is 4.97. The summed E-state index contributed by atoms with van der Waals surface area (Å²) < 4.78 is 5.45. The molecule has 0 unspecified atom stereocenters. The van der Waals surface area contributed by atoms with Crippen LogP contribution in [0.1, 0.15) is 20.8 Å². The number of methoxy groups -OCH3 is 1. The molecule has 1 aromatic rings. The third-order valence-electron chi connectivity index (χ3n) is 2.39. The number of carbonyl (C=O) groups excluding carboxylic acids is 1. The number of anilines is 1. The molecule has 1 N–H and O–H groups in total. The van der Waals surface area contributed by atoms with Crippen molar-refractivity contribution in [1.29, 1.82) is 0 Å². The molecule has 0 aliphatic heterocycles. The molecule has 6 nitrogen and oxygen atoms in total. The highest BCUT2D eigenvalue weighted by molar-refractivity contribution is 9.10. The first-order valence-electron chi connectivity index (χ1n) is 5.50. The number of halogens is 1. The Labute approximate surface area is 119 Å². The van der Waals surface area contributed by atoms with Gasteiger partial charge in [-0.1, -0.05) is 20.8 Å². The summed E-state index contributed by atoms with van der Waals surface area (Å²) in [6.07, 6.45) is 0. The van der Waals surface area contributed by atoms with Gasteiger partial charge in [0.15, 0.2) is 5.75 Å². The smallest absolute Gasteiger partial charge is 0.313 e. The number of nitrogens with zero attached hydrogens (tertiary/aromatic N) is 1. The Balaban J connectivity index is 3.19. The van der Waals surface area contributed by atoms with E-state index in [1.807, 2.05) is 0 Å². The predicted octanol–water partition coefficient (Wildman–Crippen LogP) is 3.35. The number of amides is 1. The summed E-state index contributed by atoms with van der Waals surface area (Å²) in [5, 5.41) is 13.6. The maximum absolute atomic E-state index is 11.9. The lowest BCUT2D eigenvalue weighted by Gasteiger charge is -2.18. The lowest BCUT2D eigenvalue weighted by Crippen LogP contribution is -2.27. The van der Waals surface area contributed by atoms with Gasteiger partial charge >= 0.3 is 5.69 Å². The van der Waals surface area contributed by atoms with Gasteiger partial charge in [0.05, 0.1) is 17.7 Å². The van der Waals surface area contributed by atoms with E-state index in [-0.39, 0.29) is 17.3 Å². The Morgan fingerprint density at radius 2 is 2.00 bits per heavy atom. The van der Waals surface area contributed by atoms with E-state index in [1.165, 1.54) is 19.2 Å². The van der Waals surface area contributed by atoms with E-state index in [0.717, 1.165) is 0 Å². The molecule has 1 aromatic carbocycles. The molecule has 1 rings (SSSR count). The molecule has 0 radical (unpaired) electrons. The SMILES string of the molecule is COc1cc(Br)c(NC(=O)C(C)(C)C)cc1[N+](=O)[O-]. The van der Waals surface area contributed by atoms with Crippen molar-refractivity contribution < 1.29 is 14.5 Å². The van der Waals surface area contributed by atoms with Gasteiger partial charge in [0.25, 0.3) is 0 Å². The molecule has 0 spiro atoms. The largest absolute Gasteiger partial charge is 0.490 e. The minimum absolute atomic E-state index is 0.130. The van der Waals surface area contributed by atoms with Crippen molar-refractivity contribution in [3.05, 3.63) is 26.7 Å². The van der Waals surface area contributed by atoms with E-state index in [4.69, 9.17) is 4.74 Å². The summed E-state index contributed by atoms with van der Waals surface area (Å²) in [5.74, 6) is -0.0988. The highest BCUT2D eigenvalue weighted by Gasteiger charge is 2.24. The van der Waals surface area contributed by atoms with Gasteiger partial charge in [0.2, 0.25) is 5.91 Å². The standard InChI is InChI=1S/C12H15BrN2O4/c1-12(2,3)11(16)14-8-6-9(15(17)18)10(19-4)5-7(8)13/h5-6H,1-4H3,(H,14,16). The van der Waals surface area contributed by atoms with Crippen molar-refractivity contribution in [2.75, 3.05) is 12.4 Å². The molecule has 1 amide bonds. The molecule has 0 atom stereocenters. The van der Waals surface area contributed by atoms with E-state index in [9.17, 15) is 14.9 Å². The maximum atomic E-state index is 11.9. The van der Waals surface area contributed by atoms with Gasteiger partial charge in [-0.2, -0.15) is 0 Å². The summed E-state index contributed by atoms with van der Waals surface area (Å²) in [6, 6.07) is 2.73. The zero-order valence-corrected chi connectivity index (χ0v) is 12.7. The molecule has 0 saturated heterocycles. The van der Waals surface area contributed by atoms with Crippen LogP contribution in [0.3, 0.4) is 0 Å². The topological polar surface area (TPSA) is 81.5 Å². The number of nitro groups is 1. The van der Waals surface area contributed by atoms with E-state index < -0.39 is 10.3 Å². The molecule has 7 heteroatoms. The number of rotatable bonds is 3. The molecular formula is C12H15BrN2O4. The predicted molar refractivity (Wildman–Crippen MR) is 75.4 cm³/mol. The second kappa shape index (κ2) is 5.56. The number of carbonyl (C=O) groups is 1. The lowest BCUT2D eigenvalue weighted by molar-refractivity contribution is -0.385. The van der Waals surface area contributed by atoms with Crippen molar-refractivity contribution in [2.24, 2.45) is 5.41 Å². The highest BCUT2D eigenvalue weighted by atomic mass is 79.9. The van der Waals surface area contributed by atoms with Crippen LogP contribution in [0.15, 0.2) is 16.6 Å². The molecule has 19 heavy (non-hydrogen) atoms. The Kier molecular flexibility index (Phi) is 4.52. The van der Waals surface area contributed by atoms with Crippen LogP contribution in [-0.2, 0) is 4.79 Å². The number of hydrogen-bond acceptors (Lipinski definition) is 4. The van der Waals surface area contributed by atoms with E-state index in [2.05, 4.69) is 21.2 Å². The molecule has 104 valence electrons. The average molecular weight is 331 g/mol. The van der Waals surface area contributed by atoms with Gasteiger partial charge in [0, 0.05) is 22.0 Å². The van der Waals surface area contributed by atoms with Crippen LogP contribution >= 0.6 is 15.9 Å². The average Bonchev–Trinajstić information content (AvgIpc) is 2.29. The van der Waals surface area contributed by atoms with Crippen LogP contribution in [0.4, 0.5) is 11.4 Å². The third kappa shape index (κ3) is 3.66. The molecule has 0 heterocycles. The third-order valence-corrected chi connectivity index (χ3v) is 3.05. The van der Waals surface area contributed by atoms with Crippen LogP contribution in [0.2, 0.25) is 0 Å². The van der Waals surface area contributed by atoms with Gasteiger partial charge in [-0.05, 0) is 15.9 Å². The Bertz CT molecular complexity index is 523. The van der Waals surface area contributed by atoms with Crippen LogP contribution in [0.25, 0.3) is 0 Å². The second-order valence-corrected chi connectivity index (χ2v) is 5.82. The fraction of sp³-hybridized carbons (Fsp3) is 0.417. The zero-order valence-electron chi connectivity index (χ0n) is 11.1. The molecule has 0 bridgehead atoms. The van der Waals surface area contributed by atoms with Crippen molar-refractivity contribution in [1.82, 2.24) is 0 Å². The minimum atomic E-state index is -0.589. The molecule has 0 aromatic heterocycles. The van der Waals surface area contributed by atoms with E-state index >= 15 is 0 Å². The fourth-order valence-corrected chi connectivity index (χ4v) is 1.68. The highest BCUT2D eigenvalue weighted by Crippen LogP contribution is 2.36. The van der Waals surface area contributed by atoms with E-state index in [0.29, 0.717) is 10.2 Å². The van der Waals surface area contributed by atoms with Crippen molar-refractivity contribution in [3.63, 3.8) is 0 Å². The maximum Gasteiger partial charge on any atom is 0.313 e. The van der Waals surface area contributed by atoms with Gasteiger partial charge in [-0.3, -0.25) is 14.9 Å². The molecule has 0 fully saturated rings. The van der Waals surface area contributed by atoms with Crippen LogP contribution in [-0.4, -0.2) is 17.9 Å². The van der Waals surface area contributed by atoms with Crippen molar-refractivity contribution in [2.45, 2.75) is 20.8 Å². The number of ether oxygens (including phenoxy) is 1. The molecule has 0 saturated carbocycles. The fourth-order valence-electron chi connectivity index (χ4n) is 1.26. The van der Waals surface area contributed by atoms with Gasteiger partial charge in [-0.15, -0.1) is 0 Å². The summed E-state index contributed by atoms with van der Waals surface area (Å²) in [7, 11) is 1.35. The first-order valence-corrected chi connectivity index (χ1v) is 6.29. The quantitative estimate of drug-likeness (QED) is 0.680. The number of benzene rings is 1. The minimum Gasteiger partial charge on any atom is -0.490 e.